The first kappa shape index (κ1) is 12.3. The highest BCUT2D eigenvalue weighted by molar-refractivity contribution is 7.99. The number of thioether (sulfide) groups is 1. The number of rotatable bonds is 4. The van der Waals surface area contributed by atoms with E-state index in [1.54, 1.807) is 25.6 Å². The van der Waals surface area contributed by atoms with Crippen molar-refractivity contribution in [3.8, 4) is 0 Å². The zero-order valence-electron chi connectivity index (χ0n) is 8.99. The molecule has 3 nitrogen and oxygen atoms in total. The quantitative estimate of drug-likeness (QED) is 0.808. The Hall–Kier alpha value is 0.260. The summed E-state index contributed by atoms with van der Waals surface area (Å²) in [6, 6.07) is 0.150. The minimum Gasteiger partial charge on any atom is -0.212 e. The average molecular weight is 237 g/mol. The Morgan fingerprint density at radius 3 is 2.50 bits per heavy atom. The standard InChI is InChI=1S/C9H19NO2S2/c1-7(2)14(11,12)10-8-5-4-6-9(8)13-3/h7-10H,4-6H2,1-3H3. The number of nitrogens with one attached hydrogen (secondary N) is 1. The van der Waals surface area contributed by atoms with Gasteiger partial charge in [-0.05, 0) is 32.9 Å². The van der Waals surface area contributed by atoms with Gasteiger partial charge in [0.2, 0.25) is 10.0 Å². The van der Waals surface area contributed by atoms with Gasteiger partial charge in [0.25, 0.3) is 0 Å². The van der Waals surface area contributed by atoms with Crippen LogP contribution in [-0.2, 0) is 10.0 Å². The lowest BCUT2D eigenvalue weighted by molar-refractivity contribution is 0.547. The van der Waals surface area contributed by atoms with Crippen molar-refractivity contribution in [3.05, 3.63) is 0 Å². The van der Waals surface area contributed by atoms with Crippen molar-refractivity contribution in [3.63, 3.8) is 0 Å². The third kappa shape index (κ3) is 2.87. The van der Waals surface area contributed by atoms with Crippen LogP contribution in [0.4, 0.5) is 0 Å². The van der Waals surface area contributed by atoms with Gasteiger partial charge in [-0.2, -0.15) is 11.8 Å². The van der Waals surface area contributed by atoms with Gasteiger partial charge < -0.3 is 0 Å². The molecular formula is C9H19NO2S2. The van der Waals surface area contributed by atoms with Crippen LogP contribution in [0, 0.1) is 0 Å². The van der Waals surface area contributed by atoms with Crippen molar-refractivity contribution in [1.29, 1.82) is 0 Å². The summed E-state index contributed by atoms with van der Waals surface area (Å²) in [4.78, 5) is 0. The van der Waals surface area contributed by atoms with E-state index in [0.29, 0.717) is 5.25 Å². The highest BCUT2D eigenvalue weighted by atomic mass is 32.2. The molecule has 0 spiro atoms. The Morgan fingerprint density at radius 1 is 1.36 bits per heavy atom. The zero-order valence-corrected chi connectivity index (χ0v) is 10.6. The molecule has 1 N–H and O–H groups in total. The lowest BCUT2D eigenvalue weighted by Gasteiger charge is -2.20. The van der Waals surface area contributed by atoms with Gasteiger partial charge in [-0.3, -0.25) is 0 Å². The summed E-state index contributed by atoms with van der Waals surface area (Å²) in [7, 11) is -3.09. The van der Waals surface area contributed by atoms with Gasteiger partial charge in [-0.15, -0.1) is 0 Å². The third-order valence-corrected chi connectivity index (χ3v) is 5.73. The Morgan fingerprint density at radius 2 is 2.00 bits per heavy atom. The molecule has 5 heteroatoms. The summed E-state index contributed by atoms with van der Waals surface area (Å²) in [5.41, 5.74) is 0. The first-order valence-electron chi connectivity index (χ1n) is 5.01. The molecule has 1 fully saturated rings. The minimum absolute atomic E-state index is 0.150. The summed E-state index contributed by atoms with van der Waals surface area (Å²) < 4.78 is 26.1. The SMILES string of the molecule is CSC1CCCC1NS(=O)(=O)C(C)C. The molecule has 1 aliphatic rings. The molecule has 2 atom stereocenters. The molecule has 0 aliphatic heterocycles. The normalized spacial score (nSPS) is 28.6. The maximum Gasteiger partial charge on any atom is 0.214 e. The van der Waals surface area contributed by atoms with Crippen LogP contribution in [0.5, 0.6) is 0 Å². The molecular weight excluding hydrogens is 218 g/mol. The largest absolute Gasteiger partial charge is 0.214 e. The highest BCUT2D eigenvalue weighted by Gasteiger charge is 2.30. The van der Waals surface area contributed by atoms with E-state index in [-0.39, 0.29) is 11.3 Å². The second kappa shape index (κ2) is 4.86. The molecule has 84 valence electrons. The molecule has 1 aliphatic carbocycles. The second-order valence-electron chi connectivity index (χ2n) is 4.02. The summed E-state index contributed by atoms with van der Waals surface area (Å²) in [6.45, 7) is 3.43. The predicted molar refractivity (Wildman–Crippen MR) is 62.1 cm³/mol. The van der Waals surface area contributed by atoms with Crippen molar-refractivity contribution >= 4 is 21.8 Å². The van der Waals surface area contributed by atoms with E-state index in [1.165, 1.54) is 0 Å². The van der Waals surface area contributed by atoms with E-state index in [0.717, 1.165) is 19.3 Å². The van der Waals surface area contributed by atoms with E-state index in [4.69, 9.17) is 0 Å². The summed E-state index contributed by atoms with van der Waals surface area (Å²) in [6.07, 6.45) is 5.30. The molecule has 0 amide bonds. The fraction of sp³-hybridized carbons (Fsp3) is 1.00. The molecule has 0 heterocycles. The van der Waals surface area contributed by atoms with Gasteiger partial charge in [0.15, 0.2) is 0 Å². The van der Waals surface area contributed by atoms with Gasteiger partial charge in [-0.25, -0.2) is 13.1 Å². The van der Waals surface area contributed by atoms with Crippen LogP contribution in [0.15, 0.2) is 0 Å². The molecule has 2 unspecified atom stereocenters. The van der Waals surface area contributed by atoms with Gasteiger partial charge in [0, 0.05) is 11.3 Å². The Balaban J connectivity index is 2.60. The molecule has 0 aromatic carbocycles. The monoisotopic (exact) mass is 237 g/mol. The van der Waals surface area contributed by atoms with Crippen molar-refractivity contribution in [2.45, 2.75) is 49.7 Å². The van der Waals surface area contributed by atoms with Gasteiger partial charge in [0.1, 0.15) is 0 Å². The first-order chi connectivity index (χ1) is 6.47. The van der Waals surface area contributed by atoms with Crippen molar-refractivity contribution in [2.75, 3.05) is 6.26 Å². The van der Waals surface area contributed by atoms with E-state index in [9.17, 15) is 8.42 Å². The van der Waals surface area contributed by atoms with Gasteiger partial charge in [-0.1, -0.05) is 6.42 Å². The summed E-state index contributed by atoms with van der Waals surface area (Å²) in [5, 5.41) is 0.133. The lowest BCUT2D eigenvalue weighted by Crippen LogP contribution is -2.41. The van der Waals surface area contributed by atoms with E-state index >= 15 is 0 Å². The van der Waals surface area contributed by atoms with Crippen molar-refractivity contribution in [1.82, 2.24) is 4.72 Å². The molecule has 0 aromatic heterocycles. The van der Waals surface area contributed by atoms with Crippen LogP contribution in [0.2, 0.25) is 0 Å². The van der Waals surface area contributed by atoms with E-state index in [2.05, 4.69) is 4.72 Å². The second-order valence-corrected chi connectivity index (χ2v) is 7.37. The van der Waals surface area contributed by atoms with E-state index < -0.39 is 10.0 Å². The van der Waals surface area contributed by atoms with Crippen LogP contribution >= 0.6 is 11.8 Å². The smallest absolute Gasteiger partial charge is 0.212 e. The molecule has 14 heavy (non-hydrogen) atoms. The van der Waals surface area contributed by atoms with Crippen LogP contribution in [0.1, 0.15) is 33.1 Å². The van der Waals surface area contributed by atoms with Gasteiger partial charge in [0.05, 0.1) is 5.25 Å². The molecule has 1 saturated carbocycles. The van der Waals surface area contributed by atoms with E-state index in [1.807, 2.05) is 6.26 Å². The zero-order chi connectivity index (χ0) is 10.8. The maximum atomic E-state index is 11.6. The minimum atomic E-state index is -3.09. The summed E-state index contributed by atoms with van der Waals surface area (Å²) in [5.74, 6) is 0. The fourth-order valence-corrected chi connectivity index (χ4v) is 3.69. The number of hydrogen-bond acceptors (Lipinski definition) is 3. The molecule has 1 rings (SSSR count). The maximum absolute atomic E-state index is 11.6. The Labute approximate surface area is 91.1 Å². The van der Waals surface area contributed by atoms with Crippen LogP contribution < -0.4 is 4.72 Å². The van der Waals surface area contributed by atoms with Gasteiger partial charge >= 0.3 is 0 Å². The van der Waals surface area contributed by atoms with Crippen molar-refractivity contribution in [2.24, 2.45) is 0 Å². The van der Waals surface area contributed by atoms with Crippen LogP contribution in [-0.4, -0.2) is 31.2 Å². The number of sulfonamides is 1. The Kier molecular flexibility index (Phi) is 4.28. The fourth-order valence-electron chi connectivity index (χ4n) is 1.69. The molecule has 0 aromatic rings. The lowest BCUT2D eigenvalue weighted by atomic mass is 10.3. The predicted octanol–water partition coefficient (Wildman–Crippen LogP) is 1.60. The average Bonchev–Trinajstić information content (AvgIpc) is 2.50. The van der Waals surface area contributed by atoms with Crippen LogP contribution in [0.25, 0.3) is 0 Å². The Bertz CT molecular complexity index is 275. The molecule has 0 bridgehead atoms. The highest BCUT2D eigenvalue weighted by Crippen LogP contribution is 2.29. The third-order valence-electron chi connectivity index (χ3n) is 2.69. The van der Waals surface area contributed by atoms with Crippen LogP contribution in [0.3, 0.4) is 0 Å². The molecule has 0 radical (unpaired) electrons. The number of hydrogen-bond donors (Lipinski definition) is 1. The van der Waals surface area contributed by atoms with Crippen molar-refractivity contribution < 1.29 is 8.42 Å². The molecule has 0 saturated heterocycles. The topological polar surface area (TPSA) is 46.2 Å². The summed E-state index contributed by atoms with van der Waals surface area (Å²) >= 11 is 1.77. The first-order valence-corrected chi connectivity index (χ1v) is 7.84.